The molecule has 0 bridgehead atoms. The maximum atomic E-state index is 13.1. The number of hydrogen-bond donors (Lipinski definition) is 4. The van der Waals surface area contributed by atoms with Crippen molar-refractivity contribution in [3.05, 3.63) is 24.3 Å². The normalized spacial score (nSPS) is 20.7. The topological polar surface area (TPSA) is 119 Å². The van der Waals surface area contributed by atoms with Crippen LogP contribution in [0, 0.1) is 5.92 Å². The second-order valence-corrected chi connectivity index (χ2v) is 9.25. The Hall–Kier alpha value is -2.10. The van der Waals surface area contributed by atoms with E-state index in [-0.39, 0.29) is 0 Å². The van der Waals surface area contributed by atoms with Crippen molar-refractivity contribution in [2.45, 2.75) is 55.5 Å². The molecule has 1 fully saturated rings. The summed E-state index contributed by atoms with van der Waals surface area (Å²) in [5.74, 6) is -1.43. The number of thioether (sulfide) groups is 1. The van der Waals surface area contributed by atoms with Crippen LogP contribution in [0.4, 0.5) is 5.69 Å². The van der Waals surface area contributed by atoms with E-state index in [1.807, 2.05) is 12.1 Å². The number of carboxylic acid groups (broad SMARTS) is 2. The van der Waals surface area contributed by atoms with Crippen molar-refractivity contribution in [2.24, 2.45) is 5.92 Å². The molecular formula is C22H31N3O5S. The number of carbonyl (C=O) groups is 3. The van der Waals surface area contributed by atoms with E-state index in [0.29, 0.717) is 23.8 Å². The lowest BCUT2D eigenvalue weighted by Crippen LogP contribution is -2.53. The van der Waals surface area contributed by atoms with E-state index in [9.17, 15) is 24.6 Å². The summed E-state index contributed by atoms with van der Waals surface area (Å²) in [6, 6.07) is 5.57. The van der Waals surface area contributed by atoms with Crippen molar-refractivity contribution >= 4 is 35.3 Å². The Morgan fingerprint density at radius 1 is 1.19 bits per heavy atom. The molecule has 0 radical (unpaired) electrons. The standard InChI is InChI=1S/C22H31N3O5S/c26-20(27)13-25-18-7-3-4-8-19(18)31-14-17(21(25)28)24-16(22(29)30)6-2-1-5-15-9-11-23-12-10-15/h3-4,7-8,15-17,23-24H,1-2,5-6,9-14H2,(H,26,27)(H,29,30). The number of anilines is 1. The molecule has 2 aliphatic rings. The molecular weight excluding hydrogens is 418 g/mol. The third kappa shape index (κ3) is 6.69. The van der Waals surface area contributed by atoms with Crippen LogP contribution in [0.15, 0.2) is 29.2 Å². The molecule has 31 heavy (non-hydrogen) atoms. The van der Waals surface area contributed by atoms with Crippen LogP contribution >= 0.6 is 11.8 Å². The van der Waals surface area contributed by atoms with Gasteiger partial charge in [-0.25, -0.2) is 0 Å². The van der Waals surface area contributed by atoms with Gasteiger partial charge in [0.25, 0.3) is 0 Å². The predicted molar refractivity (Wildman–Crippen MR) is 120 cm³/mol. The Morgan fingerprint density at radius 3 is 2.65 bits per heavy atom. The number of piperidine rings is 1. The molecule has 1 amide bonds. The summed E-state index contributed by atoms with van der Waals surface area (Å²) in [6.07, 6.45) is 5.65. The van der Waals surface area contributed by atoms with E-state index >= 15 is 0 Å². The van der Waals surface area contributed by atoms with Gasteiger partial charge in [-0.1, -0.05) is 31.4 Å². The molecule has 1 saturated heterocycles. The average Bonchev–Trinajstić information content (AvgIpc) is 2.88. The average molecular weight is 450 g/mol. The van der Waals surface area contributed by atoms with Gasteiger partial charge in [0.1, 0.15) is 12.6 Å². The van der Waals surface area contributed by atoms with Crippen molar-refractivity contribution in [2.75, 3.05) is 30.3 Å². The van der Waals surface area contributed by atoms with E-state index in [0.717, 1.165) is 37.2 Å². The first kappa shape index (κ1) is 23.6. The van der Waals surface area contributed by atoms with Gasteiger partial charge in [0.15, 0.2) is 0 Å². The van der Waals surface area contributed by atoms with Crippen molar-refractivity contribution in [3.8, 4) is 0 Å². The number of aliphatic carboxylic acids is 2. The minimum atomic E-state index is -1.11. The van der Waals surface area contributed by atoms with E-state index in [2.05, 4.69) is 10.6 Å². The molecule has 170 valence electrons. The molecule has 0 aliphatic carbocycles. The maximum absolute atomic E-state index is 13.1. The fourth-order valence-electron chi connectivity index (χ4n) is 4.24. The van der Waals surface area contributed by atoms with Gasteiger partial charge in [0, 0.05) is 10.6 Å². The van der Waals surface area contributed by atoms with Gasteiger partial charge in [0.2, 0.25) is 5.91 Å². The molecule has 8 nitrogen and oxygen atoms in total. The number of rotatable bonds is 10. The van der Waals surface area contributed by atoms with Gasteiger partial charge < -0.3 is 15.5 Å². The zero-order valence-corrected chi connectivity index (χ0v) is 18.4. The number of nitrogens with one attached hydrogen (secondary N) is 2. The highest BCUT2D eigenvalue weighted by Crippen LogP contribution is 2.34. The number of carbonyl (C=O) groups excluding carboxylic acids is 1. The number of benzene rings is 1. The molecule has 1 aromatic carbocycles. The summed E-state index contributed by atoms with van der Waals surface area (Å²) in [4.78, 5) is 38.4. The second-order valence-electron chi connectivity index (χ2n) is 8.18. The third-order valence-corrected chi connectivity index (χ3v) is 7.09. The molecule has 0 saturated carbocycles. The van der Waals surface area contributed by atoms with Crippen LogP contribution < -0.4 is 15.5 Å². The number of para-hydroxylation sites is 1. The summed E-state index contributed by atoms with van der Waals surface area (Å²) in [5, 5.41) is 25.3. The zero-order valence-electron chi connectivity index (χ0n) is 17.6. The summed E-state index contributed by atoms with van der Waals surface area (Å²) >= 11 is 1.44. The lowest BCUT2D eigenvalue weighted by atomic mass is 9.92. The Balaban J connectivity index is 1.60. The van der Waals surface area contributed by atoms with Crippen molar-refractivity contribution in [1.29, 1.82) is 0 Å². The van der Waals surface area contributed by atoms with Gasteiger partial charge in [-0.05, 0) is 50.4 Å². The smallest absolute Gasteiger partial charge is 0.323 e. The first-order valence-electron chi connectivity index (χ1n) is 10.9. The van der Waals surface area contributed by atoms with E-state index in [1.54, 1.807) is 12.1 Å². The highest BCUT2D eigenvalue weighted by Gasteiger charge is 2.34. The highest BCUT2D eigenvalue weighted by molar-refractivity contribution is 7.99. The number of unbranched alkanes of at least 4 members (excludes halogenated alkanes) is 1. The first-order chi connectivity index (χ1) is 15.0. The van der Waals surface area contributed by atoms with Crippen molar-refractivity contribution in [3.63, 3.8) is 0 Å². The molecule has 2 atom stereocenters. The van der Waals surface area contributed by atoms with Gasteiger partial charge in [0.05, 0.1) is 11.7 Å². The van der Waals surface area contributed by atoms with Crippen molar-refractivity contribution < 1.29 is 24.6 Å². The van der Waals surface area contributed by atoms with Gasteiger partial charge in [-0.2, -0.15) is 0 Å². The molecule has 2 unspecified atom stereocenters. The second kappa shape index (κ2) is 11.5. The largest absolute Gasteiger partial charge is 0.480 e. The Kier molecular flexibility index (Phi) is 8.74. The number of carboxylic acids is 2. The molecule has 2 heterocycles. The SMILES string of the molecule is O=C(O)CN1C(=O)C(NC(CCCCC2CCNCC2)C(=O)O)CSc2ccccc21. The maximum Gasteiger partial charge on any atom is 0.323 e. The summed E-state index contributed by atoms with van der Waals surface area (Å²) in [7, 11) is 0. The van der Waals surface area contributed by atoms with Gasteiger partial charge in [-0.3, -0.25) is 24.6 Å². The highest BCUT2D eigenvalue weighted by atomic mass is 32.2. The minimum Gasteiger partial charge on any atom is -0.480 e. The van der Waals surface area contributed by atoms with Crippen LogP contribution in [0.25, 0.3) is 0 Å². The molecule has 0 aromatic heterocycles. The van der Waals surface area contributed by atoms with Crippen LogP contribution in [-0.4, -0.2) is 65.5 Å². The fraction of sp³-hybridized carbons (Fsp3) is 0.591. The number of hydrogen-bond acceptors (Lipinski definition) is 6. The monoisotopic (exact) mass is 449 g/mol. The lowest BCUT2D eigenvalue weighted by Gasteiger charge is -2.26. The van der Waals surface area contributed by atoms with E-state index in [4.69, 9.17) is 0 Å². The van der Waals surface area contributed by atoms with Crippen LogP contribution in [0.2, 0.25) is 0 Å². The van der Waals surface area contributed by atoms with E-state index < -0.39 is 36.5 Å². The van der Waals surface area contributed by atoms with Crippen LogP contribution in [0.3, 0.4) is 0 Å². The predicted octanol–water partition coefficient (Wildman–Crippen LogP) is 2.18. The molecule has 0 spiro atoms. The summed E-state index contributed by atoms with van der Waals surface area (Å²) in [5.41, 5.74) is 0.554. The van der Waals surface area contributed by atoms with Crippen LogP contribution in [-0.2, 0) is 14.4 Å². The molecule has 9 heteroatoms. The number of amides is 1. The minimum absolute atomic E-state index is 0.352. The molecule has 1 aromatic rings. The Bertz CT molecular complexity index is 784. The molecule has 2 aliphatic heterocycles. The van der Waals surface area contributed by atoms with Crippen molar-refractivity contribution in [1.82, 2.24) is 10.6 Å². The van der Waals surface area contributed by atoms with Crippen LogP contribution in [0.1, 0.15) is 38.5 Å². The Labute approximate surface area is 186 Å². The molecule has 4 N–H and O–H groups in total. The third-order valence-electron chi connectivity index (χ3n) is 5.93. The first-order valence-corrected chi connectivity index (χ1v) is 11.9. The van der Waals surface area contributed by atoms with Gasteiger partial charge in [-0.15, -0.1) is 11.8 Å². The summed E-state index contributed by atoms with van der Waals surface area (Å²) in [6.45, 7) is 1.66. The van der Waals surface area contributed by atoms with Gasteiger partial charge >= 0.3 is 11.9 Å². The summed E-state index contributed by atoms with van der Waals surface area (Å²) < 4.78 is 0. The van der Waals surface area contributed by atoms with Crippen LogP contribution in [0.5, 0.6) is 0 Å². The number of fused-ring (bicyclic) bond motifs is 1. The molecule has 3 rings (SSSR count). The zero-order chi connectivity index (χ0) is 22.2. The lowest BCUT2D eigenvalue weighted by molar-refractivity contribution is -0.140. The fourth-order valence-corrected chi connectivity index (χ4v) is 5.33. The number of nitrogens with zero attached hydrogens (tertiary/aromatic N) is 1. The quantitative estimate of drug-likeness (QED) is 0.402. The Morgan fingerprint density at radius 2 is 1.94 bits per heavy atom. The van der Waals surface area contributed by atoms with E-state index in [1.165, 1.54) is 29.5 Å².